The number of nitrogens with zero attached hydrogens (tertiary/aromatic N) is 5. The van der Waals surface area contributed by atoms with Crippen LogP contribution in [0.3, 0.4) is 0 Å². The summed E-state index contributed by atoms with van der Waals surface area (Å²) in [5.41, 5.74) is 14.9. The van der Waals surface area contributed by atoms with Gasteiger partial charge in [0.2, 0.25) is 22.8 Å². The van der Waals surface area contributed by atoms with Gasteiger partial charge in [-0.2, -0.15) is 18.3 Å². The Balaban J connectivity index is 0.000000101. The fourth-order valence-corrected chi connectivity index (χ4v) is 21.5. The molecular weight excluding hydrogens is 1360 g/mol. The zero-order valence-electron chi connectivity index (χ0n) is 61.8. The molecule has 0 bridgehead atoms. The van der Waals surface area contributed by atoms with Crippen LogP contribution >= 0.6 is 56.7 Å². The molecule has 10 heteroatoms. The second-order valence-electron chi connectivity index (χ2n) is 27.2. The van der Waals surface area contributed by atoms with Crippen molar-refractivity contribution in [3.63, 3.8) is 0 Å². The van der Waals surface area contributed by atoms with Crippen molar-refractivity contribution < 1.29 is 22.4 Å². The summed E-state index contributed by atoms with van der Waals surface area (Å²) in [6, 6.07) is 97.1. The molecule has 0 radical (unpaired) electrons. The molecular formula is C94H73N5S5+4. The third-order valence-corrected chi connectivity index (χ3v) is 27.0. The van der Waals surface area contributed by atoms with E-state index in [0.29, 0.717) is 5.56 Å². The van der Waals surface area contributed by atoms with Crippen molar-refractivity contribution in [2.45, 2.75) is 34.5 Å². The summed E-state index contributed by atoms with van der Waals surface area (Å²) in [5, 5.41) is 20.9. The SMILES string of the molecule is Cc1c(-c2cc3c(c[n+]2C)sc2cc4ccccc4cc23)sc2ccccc12.Cc1ccccc1-c1ccc2c3c(ccc4ccccc43)sc2[n+]1C.Cc1ccccc1-c1ccc2c3ccc4ccccc4c3sc2[n+]1C.[2H]C([2H])([2H])c1ccc(-c2ccc3c4cc5ccccc5nc4sc3[n+]2C)c(C)c1. The maximum Gasteiger partial charge on any atom is 0.271 e. The predicted molar refractivity (Wildman–Crippen MR) is 451 cm³/mol. The lowest BCUT2D eigenvalue weighted by Crippen LogP contribution is -2.31. The number of hydrogen-bond acceptors (Lipinski definition) is 6. The molecule has 0 aliphatic rings. The van der Waals surface area contributed by atoms with Gasteiger partial charge in [0.15, 0.2) is 6.20 Å². The van der Waals surface area contributed by atoms with E-state index in [1.165, 1.54) is 164 Å². The third-order valence-electron chi connectivity index (χ3n) is 20.8. The van der Waals surface area contributed by atoms with E-state index in [9.17, 15) is 0 Å². The lowest BCUT2D eigenvalue weighted by atomic mass is 10.0. The van der Waals surface area contributed by atoms with Gasteiger partial charge in [0.05, 0.1) is 26.4 Å². The van der Waals surface area contributed by atoms with Gasteiger partial charge in [-0.1, -0.05) is 204 Å². The highest BCUT2D eigenvalue weighted by atomic mass is 32.1. The van der Waals surface area contributed by atoms with Gasteiger partial charge in [-0.3, -0.25) is 0 Å². The summed E-state index contributed by atoms with van der Waals surface area (Å²) in [6.45, 7) is 6.48. The average Bonchev–Trinajstić information content (AvgIpc) is 1.62. The van der Waals surface area contributed by atoms with Gasteiger partial charge in [-0.25, -0.2) is 4.98 Å². The van der Waals surface area contributed by atoms with E-state index < -0.39 is 6.85 Å². The molecule has 21 aromatic rings. The Bertz CT molecular complexity index is 7140. The van der Waals surface area contributed by atoms with E-state index in [1.54, 1.807) is 23.5 Å². The first-order valence-electron chi connectivity index (χ1n) is 36.5. The molecule has 0 unspecified atom stereocenters. The minimum Gasteiger partial charge on any atom is -0.237 e. The van der Waals surface area contributed by atoms with Crippen LogP contribution in [0, 0.1) is 34.5 Å². The number of thiophene rings is 5. The van der Waals surface area contributed by atoms with Crippen LogP contribution < -0.4 is 18.3 Å². The van der Waals surface area contributed by atoms with Crippen LogP contribution in [0.4, 0.5) is 0 Å². The van der Waals surface area contributed by atoms with E-state index in [0.717, 1.165) is 37.4 Å². The minimum atomic E-state index is -2.09. The minimum absolute atomic E-state index is 0.375. The maximum atomic E-state index is 7.64. The topological polar surface area (TPSA) is 28.4 Å². The third kappa shape index (κ3) is 11.3. The van der Waals surface area contributed by atoms with E-state index in [-0.39, 0.29) is 0 Å². The Morgan fingerprint density at radius 1 is 0.317 bits per heavy atom. The van der Waals surface area contributed by atoms with Crippen molar-refractivity contribution >= 4 is 191 Å². The zero-order valence-corrected chi connectivity index (χ0v) is 62.9. The standard InChI is InChI=1S/C25H18NS2.C23H19N2S.2C23H18NS/c1-15-18-9-5-6-10-22(18)28-25(15)21-13-20-19-11-16-7-3-4-8-17(16)12-23(19)27-24(20)14-26(21)2;1-14-8-9-17(15(2)12-14)21-11-10-18-19-13-16-6-4-5-7-20(16)24-22(19)26-23(18)25(21)3;1-15-7-3-5-9-17(15)20-13-12-19-22-18-10-6-4-8-16(18)11-14-21(22)25-23(19)24(20)2;1-15-7-3-5-9-17(15)21-14-13-20-19-12-11-16-8-4-6-10-18(16)22(19)25-23(20)24(21)2/h3-14H,1-2H3;4-13H,1-3H3;2*3-14H,1-2H3/q4*+1/i;1D3;;. The molecule has 10 aromatic heterocycles. The number of rotatable bonds is 4. The molecule has 10 heterocycles. The predicted octanol–water partition coefficient (Wildman–Crippen LogP) is 24.9. The molecule has 0 N–H and O–H groups in total. The highest BCUT2D eigenvalue weighted by Crippen LogP contribution is 2.44. The Morgan fingerprint density at radius 2 is 0.846 bits per heavy atom. The number of fused-ring (bicyclic) bond motifs is 19. The molecule has 500 valence electrons. The van der Waals surface area contributed by atoms with Gasteiger partial charge >= 0.3 is 0 Å². The molecule has 104 heavy (non-hydrogen) atoms. The van der Waals surface area contributed by atoms with E-state index in [2.05, 4.69) is 310 Å². The van der Waals surface area contributed by atoms with E-state index in [1.807, 2.05) is 76.5 Å². The average molecular weight is 1440 g/mol. The number of aromatic nitrogens is 5. The Hall–Kier alpha value is -11.0. The van der Waals surface area contributed by atoms with Crippen molar-refractivity contribution in [1.82, 2.24) is 4.98 Å². The lowest BCUT2D eigenvalue weighted by molar-refractivity contribution is -0.658. The molecule has 0 atom stereocenters. The lowest BCUT2D eigenvalue weighted by Gasteiger charge is -2.06. The van der Waals surface area contributed by atoms with Crippen molar-refractivity contribution in [3.8, 4) is 44.3 Å². The van der Waals surface area contributed by atoms with Crippen LogP contribution in [0.1, 0.15) is 31.9 Å². The number of hydrogen-bond donors (Lipinski definition) is 0. The van der Waals surface area contributed by atoms with Crippen molar-refractivity contribution in [2.75, 3.05) is 0 Å². The molecule has 0 amide bonds. The fraction of sp³-hybridized carbons (Fsp3) is 0.0957. The number of para-hydroxylation sites is 1. The summed E-state index contributed by atoms with van der Waals surface area (Å²) in [4.78, 5) is 11.1. The molecule has 5 nitrogen and oxygen atoms in total. The largest absolute Gasteiger partial charge is 0.271 e. The number of aryl methyl sites for hydroxylation is 9. The summed E-state index contributed by atoms with van der Waals surface area (Å²) in [6.07, 6.45) is 2.30. The van der Waals surface area contributed by atoms with Gasteiger partial charge in [0.1, 0.15) is 37.9 Å². The smallest absolute Gasteiger partial charge is 0.237 e. The van der Waals surface area contributed by atoms with Crippen LogP contribution in [-0.4, -0.2) is 4.98 Å². The highest BCUT2D eigenvalue weighted by Gasteiger charge is 2.26. The summed E-state index contributed by atoms with van der Waals surface area (Å²) in [5.74, 6) is 0. The molecule has 0 fully saturated rings. The van der Waals surface area contributed by atoms with Gasteiger partial charge in [-0.15, -0.1) is 22.7 Å². The van der Waals surface area contributed by atoms with Crippen LogP contribution in [0.25, 0.3) is 179 Å². The van der Waals surface area contributed by atoms with Gasteiger partial charge in [0.25, 0.3) is 14.5 Å². The van der Waals surface area contributed by atoms with Gasteiger partial charge < -0.3 is 0 Å². The normalized spacial score (nSPS) is 12.2. The second-order valence-corrected chi connectivity index (χ2v) is 32.4. The van der Waals surface area contributed by atoms with Crippen molar-refractivity contribution in [3.05, 3.63) is 307 Å². The highest BCUT2D eigenvalue weighted by molar-refractivity contribution is 7.27. The van der Waals surface area contributed by atoms with Crippen molar-refractivity contribution in [2.24, 2.45) is 28.2 Å². The van der Waals surface area contributed by atoms with Crippen molar-refractivity contribution in [1.29, 1.82) is 0 Å². The molecule has 11 aromatic carbocycles. The Morgan fingerprint density at radius 3 is 1.53 bits per heavy atom. The number of benzene rings is 11. The van der Waals surface area contributed by atoms with E-state index in [4.69, 9.17) is 9.10 Å². The Labute approximate surface area is 627 Å². The molecule has 21 rings (SSSR count). The quantitative estimate of drug-likeness (QED) is 0.161. The summed E-state index contributed by atoms with van der Waals surface area (Å²) in [7, 11) is 8.59. The van der Waals surface area contributed by atoms with Gasteiger partial charge in [0, 0.05) is 96.2 Å². The molecule has 0 spiro atoms. The van der Waals surface area contributed by atoms with Crippen LogP contribution in [0.2, 0.25) is 0 Å². The van der Waals surface area contributed by atoms with E-state index >= 15 is 0 Å². The van der Waals surface area contributed by atoms with Crippen LogP contribution in [-0.2, 0) is 28.2 Å². The van der Waals surface area contributed by atoms with Crippen LogP contribution in [0.5, 0.6) is 0 Å². The first-order chi connectivity index (χ1) is 52.0. The summed E-state index contributed by atoms with van der Waals surface area (Å²) < 4.78 is 38.9. The molecule has 0 aliphatic heterocycles. The molecule has 0 saturated heterocycles. The summed E-state index contributed by atoms with van der Waals surface area (Å²) >= 11 is 9.24. The number of pyridine rings is 5. The molecule has 0 aliphatic carbocycles. The first kappa shape index (κ1) is 61.7. The fourth-order valence-electron chi connectivity index (χ4n) is 15.4. The molecule has 0 saturated carbocycles. The monoisotopic (exact) mass is 1430 g/mol. The zero-order chi connectivity index (χ0) is 73.1. The first-order valence-corrected chi connectivity index (χ1v) is 39.1. The second kappa shape index (κ2) is 26.4. The van der Waals surface area contributed by atoms with Gasteiger partial charge in [-0.05, 0) is 179 Å². The maximum absolute atomic E-state index is 7.64. The Kier molecular flexibility index (Phi) is 15.7. The van der Waals surface area contributed by atoms with Crippen LogP contribution in [0.15, 0.2) is 279 Å².